The van der Waals surface area contributed by atoms with E-state index in [0.29, 0.717) is 0 Å². The second kappa shape index (κ2) is 18.2. The van der Waals surface area contributed by atoms with E-state index in [1.807, 2.05) is 22.7 Å². The molecule has 0 spiro atoms. The Morgan fingerprint density at radius 1 is 0.675 bits per heavy atom. The molecule has 2 atom stereocenters. The fourth-order valence-electron chi connectivity index (χ4n) is 4.76. The first-order chi connectivity index (χ1) is 19.5. The highest BCUT2D eigenvalue weighted by Gasteiger charge is 2.16. The number of nitrogens with zero attached hydrogens (tertiary/aromatic N) is 1. The number of hydrogen-bond acceptors (Lipinski definition) is 5. The van der Waals surface area contributed by atoms with Gasteiger partial charge in [0.05, 0.1) is 30.2 Å². The second-order valence-corrected chi connectivity index (χ2v) is 15.5. The normalized spacial score (nSPS) is 12.7. The Labute approximate surface area is 274 Å². The molecule has 2 N–H and O–H groups in total. The van der Waals surface area contributed by atoms with Crippen molar-refractivity contribution in [3.05, 3.63) is 54.7 Å². The molecule has 5 rings (SSSR count). The Morgan fingerprint density at radius 3 is 1.50 bits per heavy atom. The molecule has 220 valence electrons. The van der Waals surface area contributed by atoms with Crippen molar-refractivity contribution in [3.8, 4) is 9.75 Å². The Balaban J connectivity index is 0.000000181. The highest BCUT2D eigenvalue weighted by atomic mass is 79.9. The van der Waals surface area contributed by atoms with E-state index >= 15 is 0 Å². The summed E-state index contributed by atoms with van der Waals surface area (Å²) in [6, 6.07) is 8.73. The van der Waals surface area contributed by atoms with Gasteiger partial charge in [-0.05, 0) is 109 Å². The first kappa shape index (κ1) is 34.0. The Kier molecular flexibility index (Phi) is 15.5. The zero-order chi connectivity index (χ0) is 28.9. The molecule has 0 fully saturated rings. The predicted octanol–water partition coefficient (Wildman–Crippen LogP) is 13.3. The van der Waals surface area contributed by atoms with Gasteiger partial charge in [0, 0.05) is 15.5 Å². The minimum atomic E-state index is 0.782. The largest absolute Gasteiger partial charge is 0.339 e. The van der Waals surface area contributed by atoms with Gasteiger partial charge in [-0.3, -0.25) is 0 Å². The summed E-state index contributed by atoms with van der Waals surface area (Å²) in [7, 11) is 0. The molecule has 0 bridgehead atoms. The summed E-state index contributed by atoms with van der Waals surface area (Å²) >= 11 is 14.3. The van der Waals surface area contributed by atoms with Crippen molar-refractivity contribution in [3.63, 3.8) is 0 Å². The van der Waals surface area contributed by atoms with Crippen LogP contribution in [0.5, 0.6) is 0 Å². The van der Waals surface area contributed by atoms with E-state index in [4.69, 9.17) is 5.73 Å². The molecule has 5 heterocycles. The summed E-state index contributed by atoms with van der Waals surface area (Å²) < 4.78 is 7.87. The smallest absolute Gasteiger partial charge is 0.0700 e. The van der Waals surface area contributed by atoms with Crippen LogP contribution in [0.15, 0.2) is 54.7 Å². The molecular formula is C32H44Br2N2S4. The second-order valence-electron chi connectivity index (χ2n) is 10.1. The highest BCUT2D eigenvalue weighted by Crippen LogP contribution is 2.41. The molecule has 0 aromatic carbocycles. The van der Waals surface area contributed by atoms with Crippen LogP contribution in [0.25, 0.3) is 30.2 Å². The molecule has 40 heavy (non-hydrogen) atoms. The number of hydrogen-bond donors (Lipinski definition) is 1. The van der Waals surface area contributed by atoms with Gasteiger partial charge in [0.1, 0.15) is 0 Å². The van der Waals surface area contributed by atoms with E-state index in [1.165, 1.54) is 97.0 Å². The number of fused-ring (bicyclic) bond motifs is 3. The third-order valence-electron chi connectivity index (χ3n) is 7.38. The van der Waals surface area contributed by atoms with E-state index in [-0.39, 0.29) is 0 Å². The number of thiophene rings is 4. The van der Waals surface area contributed by atoms with E-state index in [9.17, 15) is 0 Å². The molecule has 0 radical (unpaired) electrons. The van der Waals surface area contributed by atoms with Crippen LogP contribution in [0.3, 0.4) is 0 Å². The molecule has 0 aliphatic heterocycles. The van der Waals surface area contributed by atoms with Gasteiger partial charge in [-0.1, -0.05) is 66.2 Å². The van der Waals surface area contributed by atoms with Gasteiger partial charge in [0.2, 0.25) is 0 Å². The van der Waals surface area contributed by atoms with E-state index in [2.05, 4.69) is 110 Å². The van der Waals surface area contributed by atoms with Gasteiger partial charge in [-0.2, -0.15) is 0 Å². The minimum Gasteiger partial charge on any atom is -0.339 e. The van der Waals surface area contributed by atoms with Gasteiger partial charge in [0.25, 0.3) is 0 Å². The van der Waals surface area contributed by atoms with E-state index in [0.717, 1.165) is 18.4 Å². The maximum atomic E-state index is 5.52. The molecular weight excluding hydrogens is 700 g/mol. The van der Waals surface area contributed by atoms with Gasteiger partial charge in [-0.25, -0.2) is 0 Å². The molecule has 8 heteroatoms. The van der Waals surface area contributed by atoms with Crippen LogP contribution < -0.4 is 5.73 Å². The van der Waals surface area contributed by atoms with Crippen LogP contribution in [0.4, 0.5) is 0 Å². The fraction of sp³-hybridized carbons (Fsp3) is 0.500. The highest BCUT2D eigenvalue weighted by molar-refractivity contribution is 9.11. The van der Waals surface area contributed by atoms with Crippen LogP contribution in [0.2, 0.25) is 0 Å². The van der Waals surface area contributed by atoms with Gasteiger partial charge < -0.3 is 10.3 Å². The van der Waals surface area contributed by atoms with Crippen LogP contribution >= 0.6 is 77.2 Å². The van der Waals surface area contributed by atoms with Crippen LogP contribution in [-0.2, 0) is 6.54 Å². The quantitative estimate of drug-likeness (QED) is 0.135. The Morgan fingerprint density at radius 2 is 1.12 bits per heavy atom. The average molecular weight is 745 g/mol. The number of halogens is 2. The molecule has 5 aromatic rings. The maximum Gasteiger partial charge on any atom is 0.0700 e. The van der Waals surface area contributed by atoms with Gasteiger partial charge >= 0.3 is 0 Å². The number of unbranched alkanes of at least 4 members (excludes halogenated alkanes) is 2. The predicted molar refractivity (Wildman–Crippen MR) is 194 cm³/mol. The number of rotatable bonds is 12. The van der Waals surface area contributed by atoms with Gasteiger partial charge in [-0.15, -0.1) is 45.3 Å². The van der Waals surface area contributed by atoms with Crippen molar-refractivity contribution >= 4 is 97.6 Å². The SMILES string of the molecule is Brc1ccsc1-c1sccc1Br.CCCCC(CC)CN.CCCCC(CC)Cn1c2ccsc2c2sccc21. The third kappa shape index (κ3) is 9.26. The molecule has 2 unspecified atom stereocenters. The first-order valence-corrected chi connectivity index (χ1v) is 19.7. The van der Waals surface area contributed by atoms with Crippen LogP contribution in [0.1, 0.15) is 79.1 Å². The molecule has 5 aromatic heterocycles. The number of aromatic nitrogens is 1. The Bertz CT molecular complexity index is 1290. The summed E-state index contributed by atoms with van der Waals surface area (Å²) in [4.78, 5) is 2.61. The van der Waals surface area contributed by atoms with Crippen molar-refractivity contribution in [2.45, 2.75) is 85.6 Å². The first-order valence-electron chi connectivity index (χ1n) is 14.6. The topological polar surface area (TPSA) is 30.9 Å². The van der Waals surface area contributed by atoms with Gasteiger partial charge in [0.15, 0.2) is 0 Å². The molecule has 2 nitrogen and oxygen atoms in total. The standard InChI is InChI=1S/C16H21NS2.C8H4Br2S2.C8H19N/c1-3-5-6-12(4-2)11-17-13-7-9-18-15(13)16-14(17)8-10-19-16;9-5-1-3-11-7(5)8-6(10)2-4-12-8;1-3-5-6-8(4-2)7-9/h7-10,12H,3-6,11H2,1-2H3;1-4H;8H,3-7,9H2,1-2H3. The van der Waals surface area contributed by atoms with Crippen LogP contribution in [0, 0.1) is 11.8 Å². The summed E-state index contributed by atoms with van der Waals surface area (Å²) in [6.45, 7) is 11.1. The fourth-order valence-corrected chi connectivity index (χ4v) is 10.3. The summed E-state index contributed by atoms with van der Waals surface area (Å²) in [6.07, 6.45) is 10.5. The zero-order valence-electron chi connectivity index (χ0n) is 24.3. The summed E-state index contributed by atoms with van der Waals surface area (Å²) in [5.74, 6) is 1.60. The molecule has 0 aliphatic rings. The zero-order valence-corrected chi connectivity index (χ0v) is 30.7. The lowest BCUT2D eigenvalue weighted by Gasteiger charge is -2.16. The van der Waals surface area contributed by atoms with E-state index in [1.54, 1.807) is 22.7 Å². The van der Waals surface area contributed by atoms with Crippen molar-refractivity contribution in [1.29, 1.82) is 0 Å². The van der Waals surface area contributed by atoms with Crippen LogP contribution in [-0.4, -0.2) is 11.1 Å². The summed E-state index contributed by atoms with van der Waals surface area (Å²) in [5.41, 5.74) is 8.42. The van der Waals surface area contributed by atoms with Crippen molar-refractivity contribution in [2.24, 2.45) is 17.6 Å². The minimum absolute atomic E-state index is 0.782. The summed E-state index contributed by atoms with van der Waals surface area (Å²) in [5, 5.41) is 8.64. The van der Waals surface area contributed by atoms with E-state index < -0.39 is 0 Å². The number of nitrogens with two attached hydrogens (primary N) is 1. The molecule has 0 amide bonds. The average Bonchev–Trinajstić information content (AvgIpc) is 3.79. The van der Waals surface area contributed by atoms with Crippen molar-refractivity contribution in [1.82, 2.24) is 4.57 Å². The lowest BCUT2D eigenvalue weighted by atomic mass is 9.99. The maximum absolute atomic E-state index is 5.52. The monoisotopic (exact) mass is 742 g/mol. The van der Waals surface area contributed by atoms with Crippen molar-refractivity contribution in [2.75, 3.05) is 6.54 Å². The lowest BCUT2D eigenvalue weighted by molar-refractivity contribution is 0.401. The Hall–Kier alpha value is -0.480. The molecule has 0 saturated heterocycles. The lowest BCUT2D eigenvalue weighted by Crippen LogP contribution is -2.12. The molecule has 0 aliphatic carbocycles. The van der Waals surface area contributed by atoms with Crippen molar-refractivity contribution < 1.29 is 0 Å². The third-order valence-corrected chi connectivity index (χ3v) is 13.2. The molecule has 0 saturated carbocycles.